The van der Waals surface area contributed by atoms with Crippen LogP contribution in [0, 0.1) is 0 Å². The number of carbonyl (C=O) groups excluding carboxylic acids is 1. The van der Waals surface area contributed by atoms with Crippen LogP contribution in [0.4, 0.5) is 0 Å². The molecular weight excluding hydrogens is 212 g/mol. The Bertz CT molecular complexity index is 206. The van der Waals surface area contributed by atoms with Crippen molar-refractivity contribution in [1.29, 1.82) is 0 Å². The summed E-state index contributed by atoms with van der Waals surface area (Å²) in [5, 5.41) is 9.70. The molecule has 0 radical (unpaired) electrons. The van der Waals surface area contributed by atoms with E-state index in [1.807, 2.05) is 27.7 Å². The quantitative estimate of drug-likeness (QED) is 0.741. The molecule has 1 N–H and O–H groups in total. The number of thioether (sulfide) groups is 1. The highest BCUT2D eigenvalue weighted by molar-refractivity contribution is 8.00. The first-order valence-electron chi connectivity index (χ1n) is 5.18. The third-order valence-corrected chi connectivity index (χ3v) is 3.08. The van der Waals surface area contributed by atoms with Crippen molar-refractivity contribution in [2.45, 2.75) is 52.2 Å². The number of esters is 1. The van der Waals surface area contributed by atoms with E-state index < -0.39 is 11.2 Å². The highest BCUT2D eigenvalue weighted by Gasteiger charge is 2.20. The van der Waals surface area contributed by atoms with E-state index in [-0.39, 0.29) is 5.97 Å². The molecule has 0 heterocycles. The largest absolute Gasteiger partial charge is 0.459 e. The van der Waals surface area contributed by atoms with E-state index in [9.17, 15) is 9.90 Å². The van der Waals surface area contributed by atoms with Gasteiger partial charge in [-0.05, 0) is 34.1 Å². The molecule has 1 unspecified atom stereocenters. The maximum atomic E-state index is 11.3. The lowest BCUT2D eigenvalue weighted by Crippen LogP contribution is -2.28. The zero-order chi connectivity index (χ0) is 12.1. The molecule has 0 aliphatic heterocycles. The van der Waals surface area contributed by atoms with Crippen LogP contribution in [0.5, 0.6) is 0 Å². The van der Waals surface area contributed by atoms with E-state index in [1.165, 1.54) is 11.8 Å². The van der Waals surface area contributed by atoms with E-state index >= 15 is 0 Å². The van der Waals surface area contributed by atoms with Crippen molar-refractivity contribution in [3.8, 4) is 0 Å². The molecular formula is C11H22O3S. The second-order valence-corrected chi connectivity index (χ2v) is 5.92. The zero-order valence-corrected chi connectivity index (χ0v) is 11.1. The van der Waals surface area contributed by atoms with Crippen LogP contribution in [0.15, 0.2) is 0 Å². The fourth-order valence-electron chi connectivity index (χ4n) is 0.827. The van der Waals surface area contributed by atoms with E-state index in [4.69, 9.17) is 4.74 Å². The Balaban J connectivity index is 3.74. The fraction of sp³-hybridized carbons (Fsp3) is 0.909. The molecule has 0 bridgehead atoms. The molecule has 4 heteroatoms. The lowest BCUT2D eigenvalue weighted by atomic mass is 10.1. The van der Waals surface area contributed by atoms with Crippen molar-refractivity contribution in [1.82, 2.24) is 0 Å². The van der Waals surface area contributed by atoms with Crippen molar-refractivity contribution < 1.29 is 14.6 Å². The van der Waals surface area contributed by atoms with Crippen LogP contribution in [0.25, 0.3) is 0 Å². The maximum Gasteiger partial charge on any atom is 0.316 e. The molecule has 15 heavy (non-hydrogen) atoms. The topological polar surface area (TPSA) is 46.5 Å². The SMILES string of the molecule is CCC(C)(O)CSCC(=O)OC(C)(C)C. The normalized spacial score (nSPS) is 15.9. The molecule has 0 aliphatic rings. The summed E-state index contributed by atoms with van der Waals surface area (Å²) in [5.41, 5.74) is -1.11. The molecule has 0 rings (SSSR count). The van der Waals surface area contributed by atoms with Gasteiger partial charge in [-0.2, -0.15) is 0 Å². The summed E-state index contributed by atoms with van der Waals surface area (Å²) in [4.78, 5) is 11.3. The van der Waals surface area contributed by atoms with Crippen LogP contribution in [0.1, 0.15) is 41.0 Å². The van der Waals surface area contributed by atoms with E-state index in [1.54, 1.807) is 6.92 Å². The minimum absolute atomic E-state index is 0.223. The highest BCUT2D eigenvalue weighted by atomic mass is 32.2. The van der Waals surface area contributed by atoms with Gasteiger partial charge in [-0.1, -0.05) is 6.92 Å². The average Bonchev–Trinajstić information content (AvgIpc) is 2.00. The fourth-order valence-corrected chi connectivity index (χ4v) is 1.80. The molecule has 0 aromatic rings. The van der Waals surface area contributed by atoms with Crippen molar-refractivity contribution >= 4 is 17.7 Å². The molecule has 0 amide bonds. The van der Waals surface area contributed by atoms with Gasteiger partial charge in [0.1, 0.15) is 5.60 Å². The van der Waals surface area contributed by atoms with Crippen LogP contribution in [0.3, 0.4) is 0 Å². The van der Waals surface area contributed by atoms with E-state index in [0.29, 0.717) is 17.9 Å². The van der Waals surface area contributed by atoms with Gasteiger partial charge in [-0.3, -0.25) is 4.79 Å². The van der Waals surface area contributed by atoms with Gasteiger partial charge < -0.3 is 9.84 Å². The second-order valence-electron chi connectivity index (χ2n) is 4.93. The standard InChI is InChI=1S/C11H22O3S/c1-6-11(5,13)8-15-7-9(12)14-10(2,3)4/h13H,6-8H2,1-5H3. The number of hydrogen-bond donors (Lipinski definition) is 1. The highest BCUT2D eigenvalue weighted by Crippen LogP contribution is 2.17. The van der Waals surface area contributed by atoms with Crippen LogP contribution < -0.4 is 0 Å². The molecule has 1 atom stereocenters. The molecule has 90 valence electrons. The smallest absolute Gasteiger partial charge is 0.316 e. The predicted molar refractivity (Wildman–Crippen MR) is 64.1 cm³/mol. The summed E-state index contributed by atoms with van der Waals surface area (Å²) in [5.74, 6) is 0.635. The number of rotatable bonds is 5. The first kappa shape index (κ1) is 14.8. The number of carbonyl (C=O) groups is 1. The van der Waals surface area contributed by atoms with Gasteiger partial charge >= 0.3 is 5.97 Å². The lowest BCUT2D eigenvalue weighted by molar-refractivity contribution is -0.151. The van der Waals surface area contributed by atoms with Crippen molar-refractivity contribution in [2.24, 2.45) is 0 Å². The van der Waals surface area contributed by atoms with E-state index in [2.05, 4.69) is 0 Å². The van der Waals surface area contributed by atoms with Gasteiger partial charge in [0.05, 0.1) is 11.4 Å². The first-order valence-corrected chi connectivity index (χ1v) is 6.34. The van der Waals surface area contributed by atoms with E-state index in [0.717, 1.165) is 0 Å². The van der Waals surface area contributed by atoms with Gasteiger partial charge in [0, 0.05) is 5.75 Å². The summed E-state index contributed by atoms with van der Waals surface area (Å²) in [6.07, 6.45) is 0.689. The molecule has 0 fully saturated rings. The van der Waals surface area contributed by atoms with Crippen molar-refractivity contribution in [3.63, 3.8) is 0 Å². The van der Waals surface area contributed by atoms with Crippen LogP contribution >= 0.6 is 11.8 Å². The minimum atomic E-state index is -0.688. The summed E-state index contributed by atoms with van der Waals surface area (Å²) < 4.78 is 5.14. The Morgan fingerprint density at radius 1 is 1.33 bits per heavy atom. The number of hydrogen-bond acceptors (Lipinski definition) is 4. The van der Waals surface area contributed by atoms with Crippen molar-refractivity contribution in [2.75, 3.05) is 11.5 Å². The molecule has 0 aliphatic carbocycles. The molecule has 0 saturated carbocycles. The Hall–Kier alpha value is -0.220. The Morgan fingerprint density at radius 2 is 1.87 bits per heavy atom. The molecule has 0 saturated heterocycles. The summed E-state index contributed by atoms with van der Waals surface area (Å²) >= 11 is 1.41. The number of ether oxygens (including phenoxy) is 1. The third-order valence-electron chi connectivity index (χ3n) is 1.81. The minimum Gasteiger partial charge on any atom is -0.459 e. The predicted octanol–water partition coefficient (Wildman–Crippen LogP) is 2.22. The number of aliphatic hydroxyl groups is 1. The maximum absolute atomic E-state index is 11.3. The van der Waals surface area contributed by atoms with Crippen LogP contribution in [-0.4, -0.2) is 33.8 Å². The van der Waals surface area contributed by atoms with Crippen LogP contribution in [0.2, 0.25) is 0 Å². The Labute approximate surface area is 96.6 Å². The third kappa shape index (κ3) is 8.75. The molecule has 0 aromatic carbocycles. The first-order chi connectivity index (χ1) is 6.66. The second kappa shape index (κ2) is 5.75. The van der Waals surface area contributed by atoms with Gasteiger partial charge in [0.15, 0.2) is 0 Å². The Kier molecular flexibility index (Phi) is 5.67. The molecule has 0 spiro atoms. The van der Waals surface area contributed by atoms with Gasteiger partial charge in [-0.25, -0.2) is 0 Å². The summed E-state index contributed by atoms with van der Waals surface area (Å²) in [7, 11) is 0. The van der Waals surface area contributed by atoms with Gasteiger partial charge in [0.2, 0.25) is 0 Å². The van der Waals surface area contributed by atoms with Gasteiger partial charge in [0.25, 0.3) is 0 Å². The lowest BCUT2D eigenvalue weighted by Gasteiger charge is -2.22. The van der Waals surface area contributed by atoms with Crippen molar-refractivity contribution in [3.05, 3.63) is 0 Å². The van der Waals surface area contributed by atoms with Gasteiger partial charge in [-0.15, -0.1) is 11.8 Å². The molecule has 0 aromatic heterocycles. The van der Waals surface area contributed by atoms with Crippen LogP contribution in [-0.2, 0) is 9.53 Å². The molecule has 3 nitrogen and oxygen atoms in total. The monoisotopic (exact) mass is 234 g/mol. The average molecular weight is 234 g/mol. The summed E-state index contributed by atoms with van der Waals surface area (Å²) in [6, 6.07) is 0. The Morgan fingerprint density at radius 3 is 2.27 bits per heavy atom. The summed E-state index contributed by atoms with van der Waals surface area (Å²) in [6.45, 7) is 9.23. The zero-order valence-electron chi connectivity index (χ0n) is 10.3.